The molecule has 1 saturated heterocycles. The van der Waals surface area contributed by atoms with Crippen molar-refractivity contribution in [1.29, 1.82) is 0 Å². The van der Waals surface area contributed by atoms with E-state index in [2.05, 4.69) is 10.6 Å². The second-order valence-electron chi connectivity index (χ2n) is 6.92. The van der Waals surface area contributed by atoms with Gasteiger partial charge in [0.1, 0.15) is 5.75 Å². The summed E-state index contributed by atoms with van der Waals surface area (Å²) in [5.41, 5.74) is 0.692. The summed E-state index contributed by atoms with van der Waals surface area (Å²) in [4.78, 5) is 26.5. The van der Waals surface area contributed by atoms with Crippen molar-refractivity contribution >= 4 is 17.5 Å². The van der Waals surface area contributed by atoms with Gasteiger partial charge in [-0.3, -0.25) is 9.59 Å². The van der Waals surface area contributed by atoms with Gasteiger partial charge in [0.05, 0.1) is 19.3 Å². The Morgan fingerprint density at radius 1 is 1.16 bits per heavy atom. The van der Waals surface area contributed by atoms with Crippen LogP contribution in [0.3, 0.4) is 0 Å². The molecule has 0 radical (unpaired) electrons. The van der Waals surface area contributed by atoms with E-state index < -0.39 is 0 Å². The average Bonchev–Trinajstić information content (AvgIpc) is 3.46. The van der Waals surface area contributed by atoms with Crippen molar-refractivity contribution in [1.82, 2.24) is 10.2 Å². The number of benzene rings is 1. The maximum absolute atomic E-state index is 12.5. The summed E-state index contributed by atoms with van der Waals surface area (Å²) in [5.74, 6) is 1.52. The Labute approximate surface area is 148 Å². The van der Waals surface area contributed by atoms with Crippen LogP contribution >= 0.6 is 0 Å². The maximum atomic E-state index is 12.5. The van der Waals surface area contributed by atoms with E-state index in [-0.39, 0.29) is 17.7 Å². The number of piperidine rings is 1. The number of nitrogens with one attached hydrogen (secondary N) is 2. The number of ether oxygens (including phenoxy) is 1. The number of rotatable bonds is 7. The molecule has 6 nitrogen and oxygen atoms in total. The standard InChI is InChI=1S/C19H27N3O3/c1-25-17-5-3-2-4-16(17)21-19(24)15-8-10-22(11-9-15)18(23)13-20-12-14-6-7-14/h2-5,14-15,20H,6-13H2,1H3,(H,21,24). The molecule has 0 unspecified atom stereocenters. The van der Waals surface area contributed by atoms with Crippen LogP contribution in [-0.4, -0.2) is 50.0 Å². The number of likely N-dealkylation sites (tertiary alicyclic amines) is 1. The SMILES string of the molecule is COc1ccccc1NC(=O)C1CCN(C(=O)CNCC2CC2)CC1. The van der Waals surface area contributed by atoms with E-state index in [4.69, 9.17) is 4.74 Å². The number of carbonyl (C=O) groups is 2. The van der Waals surface area contributed by atoms with Gasteiger partial charge in [0, 0.05) is 19.0 Å². The van der Waals surface area contributed by atoms with Gasteiger partial charge < -0.3 is 20.3 Å². The van der Waals surface area contributed by atoms with Crippen molar-refractivity contribution in [3.8, 4) is 5.75 Å². The molecule has 0 bridgehead atoms. The minimum atomic E-state index is -0.0617. The molecular formula is C19H27N3O3. The second-order valence-corrected chi connectivity index (χ2v) is 6.92. The van der Waals surface area contributed by atoms with Crippen LogP contribution in [0.2, 0.25) is 0 Å². The van der Waals surface area contributed by atoms with Crippen LogP contribution in [-0.2, 0) is 9.59 Å². The summed E-state index contributed by atoms with van der Waals surface area (Å²) in [6, 6.07) is 7.40. The average molecular weight is 345 g/mol. The van der Waals surface area contributed by atoms with Crippen molar-refractivity contribution < 1.29 is 14.3 Å². The fourth-order valence-electron chi connectivity index (χ4n) is 3.19. The van der Waals surface area contributed by atoms with Gasteiger partial charge in [-0.25, -0.2) is 0 Å². The highest BCUT2D eigenvalue weighted by molar-refractivity contribution is 5.94. The number of anilines is 1. The zero-order valence-corrected chi connectivity index (χ0v) is 14.8. The van der Waals surface area contributed by atoms with Crippen molar-refractivity contribution in [2.45, 2.75) is 25.7 Å². The Balaban J connectivity index is 1.43. The number of hydrogen-bond donors (Lipinski definition) is 2. The highest BCUT2D eigenvalue weighted by Gasteiger charge is 2.28. The van der Waals surface area contributed by atoms with E-state index in [9.17, 15) is 9.59 Å². The molecule has 1 heterocycles. The lowest BCUT2D eigenvalue weighted by atomic mass is 9.95. The number of para-hydroxylation sites is 2. The molecule has 25 heavy (non-hydrogen) atoms. The third-order valence-corrected chi connectivity index (χ3v) is 4.99. The molecular weight excluding hydrogens is 318 g/mol. The van der Waals surface area contributed by atoms with Gasteiger partial charge in [-0.2, -0.15) is 0 Å². The number of hydrogen-bond acceptors (Lipinski definition) is 4. The molecule has 0 spiro atoms. The highest BCUT2D eigenvalue weighted by Crippen LogP contribution is 2.27. The molecule has 2 amide bonds. The van der Waals surface area contributed by atoms with Crippen molar-refractivity contribution in [2.24, 2.45) is 11.8 Å². The quantitative estimate of drug-likeness (QED) is 0.791. The lowest BCUT2D eigenvalue weighted by Crippen LogP contribution is -2.45. The summed E-state index contributed by atoms with van der Waals surface area (Å²) >= 11 is 0. The van der Waals surface area contributed by atoms with Crippen molar-refractivity contribution in [3.05, 3.63) is 24.3 Å². The summed E-state index contributed by atoms with van der Waals surface area (Å²) < 4.78 is 5.27. The van der Waals surface area contributed by atoms with Crippen LogP contribution in [0.5, 0.6) is 5.75 Å². The zero-order valence-electron chi connectivity index (χ0n) is 14.8. The Morgan fingerprint density at radius 3 is 2.56 bits per heavy atom. The monoisotopic (exact) mass is 345 g/mol. The molecule has 136 valence electrons. The molecule has 1 aliphatic carbocycles. The van der Waals surface area contributed by atoms with Crippen LogP contribution < -0.4 is 15.4 Å². The molecule has 3 rings (SSSR count). The molecule has 2 aliphatic rings. The maximum Gasteiger partial charge on any atom is 0.236 e. The Kier molecular flexibility index (Phi) is 5.91. The summed E-state index contributed by atoms with van der Waals surface area (Å²) in [6.07, 6.45) is 3.98. The van der Waals surface area contributed by atoms with Gasteiger partial charge in [-0.15, -0.1) is 0 Å². The van der Waals surface area contributed by atoms with Gasteiger partial charge in [-0.1, -0.05) is 12.1 Å². The predicted octanol–water partition coefficient (Wildman–Crippen LogP) is 1.87. The lowest BCUT2D eigenvalue weighted by Gasteiger charge is -2.31. The number of amides is 2. The van der Waals surface area contributed by atoms with Gasteiger partial charge >= 0.3 is 0 Å². The topological polar surface area (TPSA) is 70.7 Å². The van der Waals surface area contributed by atoms with E-state index in [1.54, 1.807) is 7.11 Å². The molecule has 2 N–H and O–H groups in total. The smallest absolute Gasteiger partial charge is 0.236 e. The fourth-order valence-corrected chi connectivity index (χ4v) is 3.19. The number of nitrogens with zero attached hydrogens (tertiary/aromatic N) is 1. The van der Waals surface area contributed by atoms with Crippen molar-refractivity contribution in [3.63, 3.8) is 0 Å². The Bertz CT molecular complexity index is 608. The summed E-state index contributed by atoms with van der Waals surface area (Å²) in [5, 5.41) is 6.19. The summed E-state index contributed by atoms with van der Waals surface area (Å²) in [7, 11) is 1.59. The van der Waals surface area contributed by atoms with Crippen LogP contribution in [0.15, 0.2) is 24.3 Å². The second kappa shape index (κ2) is 8.34. The van der Waals surface area contributed by atoms with Crippen LogP contribution in [0.4, 0.5) is 5.69 Å². The molecule has 0 aromatic heterocycles. The first-order valence-electron chi connectivity index (χ1n) is 9.09. The first-order valence-corrected chi connectivity index (χ1v) is 9.09. The van der Waals surface area contributed by atoms with Gasteiger partial charge in [-0.05, 0) is 50.3 Å². The van der Waals surface area contributed by atoms with E-state index in [0.29, 0.717) is 43.9 Å². The molecule has 1 aliphatic heterocycles. The van der Waals surface area contributed by atoms with Crippen LogP contribution in [0.1, 0.15) is 25.7 Å². The Morgan fingerprint density at radius 2 is 1.88 bits per heavy atom. The van der Waals surface area contributed by atoms with E-state index >= 15 is 0 Å². The Hall–Kier alpha value is -2.08. The van der Waals surface area contributed by atoms with Gasteiger partial charge in [0.2, 0.25) is 11.8 Å². The molecule has 1 aromatic rings. The molecule has 6 heteroatoms. The minimum absolute atomic E-state index is 0.00320. The molecule has 1 saturated carbocycles. The first kappa shape index (κ1) is 17.7. The highest BCUT2D eigenvalue weighted by atomic mass is 16.5. The van der Waals surface area contributed by atoms with Crippen LogP contribution in [0, 0.1) is 11.8 Å². The largest absolute Gasteiger partial charge is 0.495 e. The van der Waals surface area contributed by atoms with E-state index in [1.807, 2.05) is 29.2 Å². The summed E-state index contributed by atoms with van der Waals surface area (Å²) in [6.45, 7) is 2.65. The van der Waals surface area contributed by atoms with Crippen LogP contribution in [0.25, 0.3) is 0 Å². The molecule has 0 atom stereocenters. The third kappa shape index (κ3) is 4.95. The fraction of sp³-hybridized carbons (Fsp3) is 0.579. The lowest BCUT2D eigenvalue weighted by molar-refractivity contribution is -0.133. The minimum Gasteiger partial charge on any atom is -0.495 e. The molecule has 2 fully saturated rings. The number of methoxy groups -OCH3 is 1. The zero-order chi connectivity index (χ0) is 17.6. The van der Waals surface area contributed by atoms with E-state index in [1.165, 1.54) is 12.8 Å². The van der Waals surface area contributed by atoms with Gasteiger partial charge in [0.15, 0.2) is 0 Å². The predicted molar refractivity (Wildman–Crippen MR) is 96.5 cm³/mol. The van der Waals surface area contributed by atoms with Crippen molar-refractivity contribution in [2.75, 3.05) is 38.6 Å². The number of carbonyl (C=O) groups excluding carboxylic acids is 2. The first-order chi connectivity index (χ1) is 12.2. The molecule has 1 aromatic carbocycles. The van der Waals surface area contributed by atoms with Gasteiger partial charge in [0.25, 0.3) is 0 Å². The third-order valence-electron chi connectivity index (χ3n) is 4.99. The normalized spacial score (nSPS) is 18.0. The van der Waals surface area contributed by atoms with E-state index in [0.717, 1.165) is 12.5 Å².